The van der Waals surface area contributed by atoms with Gasteiger partial charge in [-0.25, -0.2) is 4.68 Å². The number of rotatable bonds is 5. The van der Waals surface area contributed by atoms with Gasteiger partial charge in [-0.15, -0.1) is 18.3 Å². The van der Waals surface area contributed by atoms with E-state index in [4.69, 9.17) is 10.1 Å². The maximum atomic E-state index is 13.0. The van der Waals surface area contributed by atoms with Gasteiger partial charge in [0, 0.05) is 43.1 Å². The highest BCUT2D eigenvalue weighted by atomic mass is 32.1. The molecule has 3 fully saturated rings. The Kier molecular flexibility index (Phi) is 4.50. The number of hydrogen-bond acceptors (Lipinski definition) is 7. The Morgan fingerprint density at radius 3 is 2.89 bits per heavy atom. The number of ether oxygens (including phenoxy) is 1. The van der Waals surface area contributed by atoms with E-state index >= 15 is 0 Å². The third-order valence-electron chi connectivity index (χ3n) is 8.30. The summed E-state index contributed by atoms with van der Waals surface area (Å²) in [5.41, 5.74) is 1.97. The quantitative estimate of drug-likeness (QED) is 0.541. The van der Waals surface area contributed by atoms with Gasteiger partial charge < -0.3 is 15.0 Å². The average Bonchev–Trinajstić information content (AvgIpc) is 3.14. The zero-order valence-electron chi connectivity index (χ0n) is 19.1. The lowest BCUT2D eigenvalue weighted by Gasteiger charge is -2.38. The van der Waals surface area contributed by atoms with E-state index < -0.39 is 6.36 Å². The monoisotopic (exact) mass is 502 g/mol. The Hall–Kier alpha value is -2.82. The maximum Gasteiger partial charge on any atom is 0.573 e. The summed E-state index contributed by atoms with van der Waals surface area (Å²) < 4.78 is 49.6. The topological polar surface area (TPSA) is 68.1 Å². The number of aromatic nitrogens is 4. The van der Waals surface area contributed by atoms with Gasteiger partial charge in [-0.1, -0.05) is 18.2 Å². The van der Waals surface area contributed by atoms with Gasteiger partial charge in [0.25, 0.3) is 0 Å². The maximum absolute atomic E-state index is 13.0. The van der Waals surface area contributed by atoms with Crippen molar-refractivity contribution in [1.29, 1.82) is 0 Å². The minimum absolute atomic E-state index is 0.165. The Labute approximate surface area is 204 Å². The van der Waals surface area contributed by atoms with Crippen LogP contribution in [0.1, 0.15) is 42.3 Å². The number of para-hydroxylation sites is 1. The first-order valence-electron chi connectivity index (χ1n) is 12.0. The number of nitrogens with one attached hydrogen (secondary N) is 1. The van der Waals surface area contributed by atoms with Gasteiger partial charge >= 0.3 is 6.36 Å². The van der Waals surface area contributed by atoms with E-state index in [9.17, 15) is 13.2 Å². The van der Waals surface area contributed by atoms with Gasteiger partial charge in [0.05, 0.1) is 5.69 Å². The molecule has 1 spiro atoms. The predicted molar refractivity (Wildman–Crippen MR) is 125 cm³/mol. The molecule has 2 aliphatic heterocycles. The van der Waals surface area contributed by atoms with Crippen LogP contribution in [0, 0.1) is 24.2 Å². The molecule has 4 aliphatic rings. The summed E-state index contributed by atoms with van der Waals surface area (Å²) in [5, 5.41) is 9.55. The molecule has 0 bridgehead atoms. The first-order valence-corrected chi connectivity index (χ1v) is 12.8. The molecule has 4 heterocycles. The first-order chi connectivity index (χ1) is 16.8. The second-order valence-corrected chi connectivity index (χ2v) is 11.1. The summed E-state index contributed by atoms with van der Waals surface area (Å²) in [6.45, 7) is 4.84. The molecule has 184 valence electrons. The van der Waals surface area contributed by atoms with Crippen LogP contribution in [0.3, 0.4) is 0 Å². The fourth-order valence-electron chi connectivity index (χ4n) is 6.74. The van der Waals surface area contributed by atoms with Gasteiger partial charge in [-0.05, 0) is 61.2 Å². The van der Waals surface area contributed by atoms with Crippen LogP contribution in [-0.4, -0.2) is 44.6 Å². The molecule has 2 aliphatic carbocycles. The molecule has 2 aromatic heterocycles. The molecule has 11 heteroatoms. The molecule has 7 rings (SSSR count). The number of halogens is 3. The minimum Gasteiger partial charge on any atom is -0.405 e. The number of nitrogens with zero attached hydrogens (tertiary/aromatic N) is 5. The molecule has 0 radical (unpaired) electrons. The lowest BCUT2D eigenvalue weighted by Crippen LogP contribution is -2.47. The number of anilines is 2. The normalized spacial score (nSPS) is 30.8. The molecule has 35 heavy (non-hydrogen) atoms. The van der Waals surface area contributed by atoms with E-state index in [2.05, 4.69) is 25.4 Å². The Morgan fingerprint density at radius 1 is 1.23 bits per heavy atom. The van der Waals surface area contributed by atoms with Crippen molar-refractivity contribution in [3.8, 4) is 5.75 Å². The smallest absolute Gasteiger partial charge is 0.405 e. The highest BCUT2D eigenvalue weighted by Gasteiger charge is 2.76. The summed E-state index contributed by atoms with van der Waals surface area (Å²) in [4.78, 5) is 7.26. The fourth-order valence-corrected chi connectivity index (χ4v) is 7.51. The molecular weight excluding hydrogens is 477 g/mol. The van der Waals surface area contributed by atoms with Crippen LogP contribution in [0.15, 0.2) is 30.3 Å². The molecule has 0 amide bonds. The van der Waals surface area contributed by atoms with E-state index in [1.807, 2.05) is 11.6 Å². The summed E-state index contributed by atoms with van der Waals surface area (Å²) in [7, 11) is 0. The predicted octanol–water partition coefficient (Wildman–Crippen LogP) is 4.80. The molecule has 1 saturated heterocycles. The van der Waals surface area contributed by atoms with Crippen LogP contribution >= 0.6 is 11.5 Å². The van der Waals surface area contributed by atoms with E-state index in [0.29, 0.717) is 53.6 Å². The largest absolute Gasteiger partial charge is 0.573 e. The van der Waals surface area contributed by atoms with Crippen molar-refractivity contribution in [3.05, 3.63) is 47.4 Å². The second-order valence-electron chi connectivity index (χ2n) is 10.3. The Balaban J connectivity index is 1.11. The molecule has 1 N–H and O–H groups in total. The van der Waals surface area contributed by atoms with Crippen molar-refractivity contribution >= 4 is 22.5 Å². The summed E-state index contributed by atoms with van der Waals surface area (Å²) in [6.07, 6.45) is -1.99. The molecule has 3 aromatic rings. The number of alkyl halides is 3. The van der Waals surface area contributed by atoms with Crippen LogP contribution in [0.2, 0.25) is 0 Å². The van der Waals surface area contributed by atoms with E-state index in [1.54, 1.807) is 29.7 Å². The standard InChI is InChI=1S/C24H25F3N6OS/c1-13-9-19(35-31-13)32-11-17-20(16-10-23(16,17)12-32)28-22-29-21-15(6-4-8-33(21)30-22)14-5-2-3-7-18(14)34-24(25,26)27/h2-3,5,7,9,15-17,20H,4,6,8,10-12H2,1H3,(H,28,30)/t15?,16-,17-,20+,23?/m0/s1. The van der Waals surface area contributed by atoms with Gasteiger partial charge in [0.15, 0.2) is 0 Å². The van der Waals surface area contributed by atoms with Crippen LogP contribution < -0.4 is 15.0 Å². The summed E-state index contributed by atoms with van der Waals surface area (Å²) in [5.74, 6) is 2.01. The average molecular weight is 503 g/mol. The zero-order chi connectivity index (χ0) is 23.9. The van der Waals surface area contributed by atoms with Gasteiger partial charge in [0.2, 0.25) is 5.95 Å². The van der Waals surface area contributed by atoms with Crippen molar-refractivity contribution in [2.75, 3.05) is 23.3 Å². The van der Waals surface area contributed by atoms with E-state index in [1.165, 1.54) is 17.5 Å². The van der Waals surface area contributed by atoms with Crippen LogP contribution in [0.5, 0.6) is 5.75 Å². The molecular formula is C24H25F3N6OS. The second kappa shape index (κ2) is 7.35. The Bertz CT molecular complexity index is 1290. The molecule has 1 aromatic carbocycles. The van der Waals surface area contributed by atoms with Gasteiger partial charge in [-0.3, -0.25) is 0 Å². The van der Waals surface area contributed by atoms with Crippen LogP contribution in [0.4, 0.5) is 24.1 Å². The third kappa shape index (κ3) is 3.41. The van der Waals surface area contributed by atoms with Gasteiger partial charge in [0.1, 0.15) is 16.6 Å². The number of aryl methyl sites for hydroxylation is 2. The molecule has 2 unspecified atom stereocenters. The third-order valence-corrected chi connectivity index (χ3v) is 9.25. The zero-order valence-corrected chi connectivity index (χ0v) is 19.9. The van der Waals surface area contributed by atoms with E-state index in [-0.39, 0.29) is 11.7 Å². The highest BCUT2D eigenvalue weighted by Crippen LogP contribution is 2.74. The van der Waals surface area contributed by atoms with Gasteiger partial charge in [-0.2, -0.15) is 9.36 Å². The van der Waals surface area contributed by atoms with Crippen LogP contribution in [0.25, 0.3) is 0 Å². The summed E-state index contributed by atoms with van der Waals surface area (Å²) in [6, 6.07) is 8.86. The lowest BCUT2D eigenvalue weighted by molar-refractivity contribution is -0.275. The Morgan fingerprint density at radius 2 is 2.09 bits per heavy atom. The first kappa shape index (κ1) is 21.5. The summed E-state index contributed by atoms with van der Waals surface area (Å²) >= 11 is 1.57. The lowest BCUT2D eigenvalue weighted by atomic mass is 9.71. The number of hydrogen-bond donors (Lipinski definition) is 1. The fraction of sp³-hybridized carbons (Fsp3) is 0.542. The van der Waals surface area contributed by atoms with Crippen LogP contribution in [-0.2, 0) is 6.54 Å². The number of benzene rings is 1. The van der Waals surface area contributed by atoms with Crippen molar-refractivity contribution in [2.24, 2.45) is 17.3 Å². The highest BCUT2D eigenvalue weighted by molar-refractivity contribution is 7.10. The van der Waals surface area contributed by atoms with Crippen molar-refractivity contribution in [1.82, 2.24) is 19.1 Å². The SMILES string of the molecule is Cc1cc(N2C[C@H]3[C@H](Nc4nc5n(n4)CCCC5c4ccccc4OC(F)(F)F)[C@@H]4CC34C2)sn1. The number of fused-ring (bicyclic) bond motifs is 1. The van der Waals surface area contributed by atoms with Crippen molar-refractivity contribution in [3.63, 3.8) is 0 Å². The molecule has 7 nitrogen and oxygen atoms in total. The van der Waals surface area contributed by atoms with E-state index in [0.717, 1.165) is 25.2 Å². The van der Waals surface area contributed by atoms with Crippen molar-refractivity contribution in [2.45, 2.75) is 51.1 Å². The minimum atomic E-state index is -4.74. The molecule has 2 saturated carbocycles. The molecule has 5 atom stereocenters. The van der Waals surface area contributed by atoms with Crippen molar-refractivity contribution < 1.29 is 17.9 Å².